The van der Waals surface area contributed by atoms with Crippen LogP contribution in [0.1, 0.15) is 0 Å². The molecule has 0 amide bonds. The molecule has 0 aliphatic heterocycles. The largest absolute Gasteiger partial charge is 0.455 e. The molecule has 0 N–H and O–H groups in total. The van der Waals surface area contributed by atoms with Crippen LogP contribution in [-0.4, -0.2) is 19.9 Å². The van der Waals surface area contributed by atoms with E-state index in [1.807, 2.05) is 54.6 Å². The van der Waals surface area contributed by atoms with Crippen molar-refractivity contribution in [2.45, 2.75) is 0 Å². The van der Waals surface area contributed by atoms with Crippen LogP contribution in [0.25, 0.3) is 112 Å². The van der Waals surface area contributed by atoms with E-state index in [1.54, 1.807) is 0 Å². The molecule has 5 heteroatoms. The van der Waals surface area contributed by atoms with E-state index in [0.29, 0.717) is 17.5 Å². The van der Waals surface area contributed by atoms with Crippen molar-refractivity contribution in [2.24, 2.45) is 0 Å². The Morgan fingerprint density at radius 2 is 0.689 bits per heavy atom. The number of fused-ring (bicyclic) bond motifs is 3. The fourth-order valence-corrected chi connectivity index (χ4v) is 8.17. The van der Waals surface area contributed by atoms with Crippen LogP contribution in [0.4, 0.5) is 0 Å². The molecule has 3 heterocycles. The quantitative estimate of drug-likeness (QED) is 0.154. The first-order chi connectivity index (χ1) is 30.2. The summed E-state index contributed by atoms with van der Waals surface area (Å²) in [6, 6.07) is 74.9. The summed E-state index contributed by atoms with van der Waals surface area (Å²) in [5.74, 6) is 2.55. The molecule has 0 saturated carbocycles. The molecule has 0 aliphatic rings. The summed E-state index contributed by atoms with van der Waals surface area (Å²) in [5.41, 5.74) is 13.5. The molecule has 286 valence electrons. The Morgan fingerprint density at radius 3 is 1.21 bits per heavy atom. The van der Waals surface area contributed by atoms with Crippen LogP contribution in [0, 0.1) is 0 Å². The number of hydrogen-bond donors (Lipinski definition) is 0. The fourth-order valence-electron chi connectivity index (χ4n) is 8.17. The molecule has 3 aromatic heterocycles. The molecule has 8 aromatic carbocycles. The molecule has 11 aromatic rings. The van der Waals surface area contributed by atoms with Gasteiger partial charge in [-0.25, -0.2) is 19.9 Å². The Morgan fingerprint density at radius 1 is 0.295 bits per heavy atom. The van der Waals surface area contributed by atoms with E-state index < -0.39 is 0 Å². The van der Waals surface area contributed by atoms with Gasteiger partial charge in [0.05, 0.1) is 16.6 Å². The third kappa shape index (κ3) is 6.84. The van der Waals surface area contributed by atoms with Crippen molar-refractivity contribution in [3.8, 4) is 90.1 Å². The van der Waals surface area contributed by atoms with E-state index in [2.05, 4.69) is 164 Å². The summed E-state index contributed by atoms with van der Waals surface area (Å²) >= 11 is 0. The van der Waals surface area contributed by atoms with E-state index in [0.717, 1.165) is 94.5 Å². The summed E-state index contributed by atoms with van der Waals surface area (Å²) in [7, 11) is 0. The first-order valence-corrected chi connectivity index (χ1v) is 20.4. The average Bonchev–Trinajstić information content (AvgIpc) is 3.76. The van der Waals surface area contributed by atoms with Crippen LogP contribution in [-0.2, 0) is 0 Å². The van der Waals surface area contributed by atoms with Gasteiger partial charge in [0.2, 0.25) is 0 Å². The van der Waals surface area contributed by atoms with Crippen LogP contribution in [0.3, 0.4) is 0 Å². The van der Waals surface area contributed by atoms with Gasteiger partial charge in [0.15, 0.2) is 17.5 Å². The number of nitrogens with zero attached hydrogens (tertiary/aromatic N) is 4. The highest BCUT2D eigenvalue weighted by atomic mass is 16.3. The first-order valence-electron chi connectivity index (χ1n) is 20.4. The number of furan rings is 1. The Hall–Kier alpha value is -8.28. The van der Waals surface area contributed by atoms with Gasteiger partial charge in [-0.2, -0.15) is 0 Å². The van der Waals surface area contributed by atoms with E-state index in [1.165, 1.54) is 0 Å². The lowest BCUT2D eigenvalue weighted by molar-refractivity contribution is 0.636. The zero-order valence-corrected chi connectivity index (χ0v) is 33.0. The Bertz CT molecular complexity index is 3240. The number of hydrogen-bond acceptors (Lipinski definition) is 5. The summed E-state index contributed by atoms with van der Waals surface area (Å²) in [6.45, 7) is 0. The summed E-state index contributed by atoms with van der Waals surface area (Å²) in [4.78, 5) is 21.0. The molecular formula is C56H36N4O. The molecule has 0 unspecified atom stereocenters. The Labute approximate surface area is 353 Å². The normalized spacial score (nSPS) is 11.3. The van der Waals surface area contributed by atoms with Crippen molar-refractivity contribution in [3.05, 3.63) is 218 Å². The highest BCUT2D eigenvalue weighted by Gasteiger charge is 2.25. The molecule has 5 nitrogen and oxygen atoms in total. The number of pyridine rings is 1. The standard InChI is InChI=1S/C56H36N4O/c1-5-18-37(19-6-1)41-26-15-29-44(34-41)54-58-55(45-30-16-27-42(35-45)38-20-7-2-8-21-38)60-56(59-54)46-31-17-28-43(36-46)51-50-49(39-22-9-3-10-23-39)52(40-24-11-4-12-25-40)61-53(50)47-32-13-14-33-48(47)57-51/h1-36H. The molecule has 61 heavy (non-hydrogen) atoms. The minimum Gasteiger partial charge on any atom is -0.455 e. The van der Waals surface area contributed by atoms with Crippen molar-refractivity contribution >= 4 is 21.9 Å². The van der Waals surface area contributed by atoms with Crippen LogP contribution < -0.4 is 0 Å². The maximum Gasteiger partial charge on any atom is 0.164 e. The zero-order valence-electron chi connectivity index (χ0n) is 33.0. The van der Waals surface area contributed by atoms with Gasteiger partial charge in [0.1, 0.15) is 11.3 Å². The lowest BCUT2D eigenvalue weighted by atomic mass is 9.94. The molecule has 0 aliphatic carbocycles. The fraction of sp³-hybridized carbons (Fsp3) is 0. The lowest BCUT2D eigenvalue weighted by Gasteiger charge is -2.12. The molecule has 11 rings (SSSR count). The Balaban J connectivity index is 1.12. The van der Waals surface area contributed by atoms with Crippen molar-refractivity contribution in [2.75, 3.05) is 0 Å². The van der Waals surface area contributed by atoms with Crippen molar-refractivity contribution in [1.82, 2.24) is 19.9 Å². The van der Waals surface area contributed by atoms with E-state index in [9.17, 15) is 0 Å². The second-order valence-electron chi connectivity index (χ2n) is 15.0. The number of aromatic nitrogens is 4. The first kappa shape index (κ1) is 35.8. The van der Waals surface area contributed by atoms with Crippen molar-refractivity contribution in [3.63, 3.8) is 0 Å². The van der Waals surface area contributed by atoms with Gasteiger partial charge in [-0.3, -0.25) is 0 Å². The maximum atomic E-state index is 6.97. The van der Waals surface area contributed by atoms with Crippen LogP contribution >= 0.6 is 0 Å². The summed E-state index contributed by atoms with van der Waals surface area (Å²) in [5, 5.41) is 1.91. The van der Waals surface area contributed by atoms with Crippen LogP contribution in [0.15, 0.2) is 223 Å². The number of benzene rings is 8. The highest BCUT2D eigenvalue weighted by molar-refractivity contribution is 6.16. The molecule has 0 fully saturated rings. The third-order valence-corrected chi connectivity index (χ3v) is 11.1. The van der Waals surface area contributed by atoms with Crippen molar-refractivity contribution in [1.29, 1.82) is 0 Å². The minimum absolute atomic E-state index is 0.564. The number of para-hydroxylation sites is 1. The van der Waals surface area contributed by atoms with Gasteiger partial charge in [-0.1, -0.05) is 188 Å². The van der Waals surface area contributed by atoms with Gasteiger partial charge in [0, 0.05) is 38.8 Å². The zero-order chi connectivity index (χ0) is 40.5. The van der Waals surface area contributed by atoms with Gasteiger partial charge in [-0.05, 0) is 58.1 Å². The molecule has 0 atom stereocenters. The lowest BCUT2D eigenvalue weighted by Crippen LogP contribution is -2.01. The average molecular weight is 781 g/mol. The molecule has 0 bridgehead atoms. The SMILES string of the molecule is c1ccc(-c2cccc(-c3nc(-c4cccc(-c5ccccc5)c4)nc(-c4cccc(-c5nc6ccccc6c6oc(-c7ccccc7)c(-c7ccccc7)c56)c4)n3)c2)cc1. The molecule has 0 radical (unpaired) electrons. The van der Waals surface area contributed by atoms with Crippen LogP contribution in [0.5, 0.6) is 0 Å². The third-order valence-electron chi connectivity index (χ3n) is 11.1. The molecule has 0 saturated heterocycles. The van der Waals surface area contributed by atoms with E-state index in [4.69, 9.17) is 24.4 Å². The van der Waals surface area contributed by atoms with E-state index in [-0.39, 0.29) is 0 Å². The van der Waals surface area contributed by atoms with Gasteiger partial charge >= 0.3 is 0 Å². The molecule has 0 spiro atoms. The number of rotatable bonds is 8. The summed E-state index contributed by atoms with van der Waals surface area (Å²) < 4.78 is 6.97. The second kappa shape index (κ2) is 15.5. The van der Waals surface area contributed by atoms with E-state index >= 15 is 0 Å². The smallest absolute Gasteiger partial charge is 0.164 e. The predicted octanol–water partition coefficient (Wildman–Crippen LogP) is 14.5. The summed E-state index contributed by atoms with van der Waals surface area (Å²) in [6.07, 6.45) is 0. The predicted molar refractivity (Wildman–Crippen MR) is 248 cm³/mol. The van der Waals surface area contributed by atoms with Crippen molar-refractivity contribution < 1.29 is 4.42 Å². The second-order valence-corrected chi connectivity index (χ2v) is 15.0. The minimum atomic E-state index is 0.564. The van der Waals surface area contributed by atoms with Gasteiger partial charge in [-0.15, -0.1) is 0 Å². The topological polar surface area (TPSA) is 64.7 Å². The molecular weight excluding hydrogens is 745 g/mol. The van der Waals surface area contributed by atoms with Gasteiger partial charge in [0.25, 0.3) is 0 Å². The monoisotopic (exact) mass is 780 g/mol. The van der Waals surface area contributed by atoms with Gasteiger partial charge < -0.3 is 4.42 Å². The van der Waals surface area contributed by atoms with Crippen LogP contribution in [0.2, 0.25) is 0 Å². The maximum absolute atomic E-state index is 6.97. The highest BCUT2D eigenvalue weighted by Crippen LogP contribution is 2.47. The Kier molecular flexibility index (Phi) is 9.10.